The van der Waals surface area contributed by atoms with Crippen LogP contribution in [0.15, 0.2) is 71.6 Å². The highest BCUT2D eigenvalue weighted by Crippen LogP contribution is 2.33. The molecule has 1 amide bonds. The van der Waals surface area contributed by atoms with Crippen molar-refractivity contribution in [1.82, 2.24) is 4.31 Å². The van der Waals surface area contributed by atoms with Crippen molar-refractivity contribution in [2.45, 2.75) is 36.6 Å². The van der Waals surface area contributed by atoms with Crippen LogP contribution in [-0.2, 0) is 21.2 Å². The number of nitrogens with zero attached hydrogens (tertiary/aromatic N) is 2. The van der Waals surface area contributed by atoms with Crippen LogP contribution < -0.4 is 4.90 Å². The highest BCUT2D eigenvalue weighted by atomic mass is 32.2. The molecule has 2 aliphatic heterocycles. The predicted octanol–water partition coefficient (Wildman–Crippen LogP) is 3.97. The Kier molecular flexibility index (Phi) is 4.83. The van der Waals surface area contributed by atoms with Crippen molar-refractivity contribution in [1.29, 1.82) is 0 Å². The summed E-state index contributed by atoms with van der Waals surface area (Å²) < 4.78 is 28.4. The topological polar surface area (TPSA) is 57.7 Å². The highest BCUT2D eigenvalue weighted by molar-refractivity contribution is 7.89. The lowest BCUT2D eigenvalue weighted by molar-refractivity contribution is -0.121. The summed E-state index contributed by atoms with van der Waals surface area (Å²) in [6, 6.07) is 20.2. The quantitative estimate of drug-likeness (QED) is 0.644. The van der Waals surface area contributed by atoms with Crippen molar-refractivity contribution in [3.8, 4) is 0 Å². The lowest BCUT2D eigenvalue weighted by atomic mass is 10.0. The number of benzene rings is 3. The van der Waals surface area contributed by atoms with Crippen molar-refractivity contribution in [3.05, 3.63) is 72.3 Å². The fourth-order valence-corrected chi connectivity index (χ4v) is 6.37. The Morgan fingerprint density at radius 1 is 0.867 bits per heavy atom. The van der Waals surface area contributed by atoms with Gasteiger partial charge in [-0.3, -0.25) is 4.79 Å². The van der Waals surface area contributed by atoms with Crippen LogP contribution >= 0.6 is 0 Å². The van der Waals surface area contributed by atoms with E-state index in [1.165, 1.54) is 4.31 Å². The fourth-order valence-electron chi connectivity index (χ4n) is 4.68. The van der Waals surface area contributed by atoms with Gasteiger partial charge in [0.1, 0.15) is 6.04 Å². The maximum atomic E-state index is 13.5. The normalized spacial score (nSPS) is 19.7. The molecule has 1 saturated heterocycles. The van der Waals surface area contributed by atoms with Crippen LogP contribution in [0.2, 0.25) is 0 Å². The third-order valence-electron chi connectivity index (χ3n) is 6.19. The highest BCUT2D eigenvalue weighted by Gasteiger charge is 2.42. The molecule has 0 saturated carbocycles. The molecule has 3 aromatic carbocycles. The zero-order chi connectivity index (χ0) is 20.7. The van der Waals surface area contributed by atoms with Crippen LogP contribution in [0.25, 0.3) is 10.8 Å². The summed E-state index contributed by atoms with van der Waals surface area (Å²) in [4.78, 5) is 15.5. The molecule has 154 valence electrons. The number of fused-ring (bicyclic) bond motifs is 2. The van der Waals surface area contributed by atoms with Crippen molar-refractivity contribution in [2.75, 3.05) is 18.0 Å². The molecular weight excluding hydrogens is 396 g/mol. The van der Waals surface area contributed by atoms with Gasteiger partial charge in [-0.25, -0.2) is 8.42 Å². The number of anilines is 1. The zero-order valence-electron chi connectivity index (χ0n) is 16.7. The third kappa shape index (κ3) is 3.20. The number of para-hydroxylation sites is 1. The van der Waals surface area contributed by atoms with Crippen molar-refractivity contribution in [2.24, 2.45) is 0 Å². The number of amides is 1. The molecule has 0 N–H and O–H groups in total. The van der Waals surface area contributed by atoms with Crippen LogP contribution in [0.4, 0.5) is 5.69 Å². The molecule has 1 atom stereocenters. The Labute approximate surface area is 177 Å². The molecule has 0 aliphatic carbocycles. The summed E-state index contributed by atoms with van der Waals surface area (Å²) in [5.74, 6) is -0.107. The first-order valence-corrected chi connectivity index (χ1v) is 11.9. The first kappa shape index (κ1) is 19.3. The monoisotopic (exact) mass is 420 g/mol. The molecular formula is C24H24N2O3S. The standard InChI is InChI=1S/C24H24N2O3S/c27-24(25-15-5-10-19-8-3-4-11-22(19)25)23-12-6-16-26(23)30(28,29)21-14-13-18-7-1-2-9-20(18)17-21/h1-4,7-9,11,13-14,17,23H,5-6,10,12,15-16H2/t23-/m1/s1. The smallest absolute Gasteiger partial charge is 0.245 e. The van der Waals surface area contributed by atoms with Crippen LogP contribution in [-0.4, -0.2) is 37.8 Å². The van der Waals surface area contributed by atoms with Crippen molar-refractivity contribution < 1.29 is 13.2 Å². The second-order valence-electron chi connectivity index (χ2n) is 8.00. The van der Waals surface area contributed by atoms with Crippen molar-refractivity contribution in [3.63, 3.8) is 0 Å². The number of hydrogen-bond donors (Lipinski definition) is 0. The Balaban J connectivity index is 1.48. The number of aryl methyl sites for hydroxylation is 1. The van der Waals surface area contributed by atoms with E-state index in [1.54, 1.807) is 17.0 Å². The van der Waals surface area contributed by atoms with Gasteiger partial charge in [0.15, 0.2) is 0 Å². The SMILES string of the molecule is O=C([C@H]1CCCN1S(=O)(=O)c1ccc2ccccc2c1)N1CCCc2ccccc21. The Hall–Kier alpha value is -2.70. The molecule has 5 rings (SSSR count). The fraction of sp³-hybridized carbons (Fsp3) is 0.292. The molecule has 2 aliphatic rings. The Morgan fingerprint density at radius 3 is 2.50 bits per heavy atom. The van der Waals surface area contributed by atoms with Gasteiger partial charge in [-0.2, -0.15) is 4.31 Å². The van der Waals surface area contributed by atoms with Gasteiger partial charge >= 0.3 is 0 Å². The average molecular weight is 421 g/mol. The lowest BCUT2D eigenvalue weighted by Gasteiger charge is -2.33. The van der Waals surface area contributed by atoms with E-state index in [1.807, 2.05) is 54.6 Å². The van der Waals surface area contributed by atoms with Crippen LogP contribution in [0.5, 0.6) is 0 Å². The molecule has 30 heavy (non-hydrogen) atoms. The minimum atomic E-state index is -3.75. The summed E-state index contributed by atoms with van der Waals surface area (Å²) in [5.41, 5.74) is 2.07. The summed E-state index contributed by atoms with van der Waals surface area (Å²) in [7, 11) is -3.75. The number of sulfonamides is 1. The van der Waals surface area contributed by atoms with Crippen LogP contribution in [0.1, 0.15) is 24.8 Å². The van der Waals surface area contributed by atoms with E-state index < -0.39 is 16.1 Å². The maximum absolute atomic E-state index is 13.5. The van der Waals surface area contributed by atoms with Gasteiger partial charge in [0.05, 0.1) is 4.90 Å². The molecule has 3 aromatic rings. The molecule has 6 heteroatoms. The molecule has 0 radical (unpaired) electrons. The largest absolute Gasteiger partial charge is 0.311 e. The summed E-state index contributed by atoms with van der Waals surface area (Å²) in [5, 5.41) is 1.88. The average Bonchev–Trinajstić information content (AvgIpc) is 3.29. The minimum absolute atomic E-state index is 0.107. The molecule has 0 spiro atoms. The first-order chi connectivity index (χ1) is 14.6. The first-order valence-electron chi connectivity index (χ1n) is 10.5. The predicted molar refractivity (Wildman–Crippen MR) is 118 cm³/mol. The van der Waals surface area contributed by atoms with Gasteiger partial charge in [-0.15, -0.1) is 0 Å². The number of rotatable bonds is 3. The second kappa shape index (κ2) is 7.52. The van der Waals surface area contributed by atoms with E-state index in [0.717, 1.165) is 34.9 Å². The van der Waals surface area contributed by atoms with Gasteiger partial charge in [-0.1, -0.05) is 48.5 Å². The van der Waals surface area contributed by atoms with Gasteiger partial charge in [0, 0.05) is 18.8 Å². The van der Waals surface area contributed by atoms with E-state index in [9.17, 15) is 13.2 Å². The lowest BCUT2D eigenvalue weighted by Crippen LogP contribution is -2.49. The molecule has 1 fully saturated rings. The molecule has 2 heterocycles. The van der Waals surface area contributed by atoms with E-state index in [-0.39, 0.29) is 10.8 Å². The van der Waals surface area contributed by atoms with E-state index in [4.69, 9.17) is 0 Å². The third-order valence-corrected chi connectivity index (χ3v) is 8.10. The van der Waals surface area contributed by atoms with Gasteiger partial charge in [0.25, 0.3) is 0 Å². The van der Waals surface area contributed by atoms with E-state index in [0.29, 0.717) is 25.9 Å². The summed E-state index contributed by atoms with van der Waals surface area (Å²) in [6.45, 7) is 1.01. The molecule has 5 nitrogen and oxygen atoms in total. The zero-order valence-corrected chi connectivity index (χ0v) is 17.5. The van der Waals surface area contributed by atoms with E-state index >= 15 is 0 Å². The van der Waals surface area contributed by atoms with E-state index in [2.05, 4.69) is 0 Å². The minimum Gasteiger partial charge on any atom is -0.311 e. The summed E-state index contributed by atoms with van der Waals surface area (Å²) >= 11 is 0. The Bertz CT molecular complexity index is 1220. The van der Waals surface area contributed by atoms with Gasteiger partial charge < -0.3 is 4.90 Å². The number of hydrogen-bond acceptors (Lipinski definition) is 3. The molecule has 0 aromatic heterocycles. The maximum Gasteiger partial charge on any atom is 0.245 e. The molecule has 0 unspecified atom stereocenters. The van der Waals surface area contributed by atoms with Gasteiger partial charge in [0.2, 0.25) is 15.9 Å². The van der Waals surface area contributed by atoms with Gasteiger partial charge in [-0.05, 0) is 60.2 Å². The number of carbonyl (C=O) groups excluding carboxylic acids is 1. The second-order valence-corrected chi connectivity index (χ2v) is 9.90. The Morgan fingerprint density at radius 2 is 1.63 bits per heavy atom. The molecule has 0 bridgehead atoms. The van der Waals surface area contributed by atoms with Crippen LogP contribution in [0.3, 0.4) is 0 Å². The number of carbonyl (C=O) groups is 1. The van der Waals surface area contributed by atoms with Crippen molar-refractivity contribution >= 4 is 32.4 Å². The summed E-state index contributed by atoms with van der Waals surface area (Å²) in [6.07, 6.45) is 3.10. The van der Waals surface area contributed by atoms with Crippen LogP contribution in [0, 0.1) is 0 Å².